The summed E-state index contributed by atoms with van der Waals surface area (Å²) in [5, 5.41) is 18.8. The van der Waals surface area contributed by atoms with Gasteiger partial charge in [0.05, 0.1) is 37.9 Å². The maximum absolute atomic E-state index is 12.1. The second kappa shape index (κ2) is 5.94. The zero-order chi connectivity index (χ0) is 16.6. The SMILES string of the molecule is COC(=O)C1C2CCC(C(C(=O)O)C2C(=O)O)C1C(=O)OC. The number of rotatable bonds is 4. The molecule has 8 nitrogen and oxygen atoms in total. The number of carbonyl (C=O) groups is 4. The van der Waals surface area contributed by atoms with Crippen molar-refractivity contribution >= 4 is 23.9 Å². The molecule has 122 valence electrons. The first-order valence-electron chi connectivity index (χ1n) is 6.96. The molecule has 2 bridgehead atoms. The van der Waals surface area contributed by atoms with E-state index in [0.717, 1.165) is 14.2 Å². The molecular formula is C14H18O8. The van der Waals surface area contributed by atoms with Crippen molar-refractivity contribution in [3.05, 3.63) is 0 Å². The highest BCUT2D eigenvalue weighted by Gasteiger charge is 2.63. The Morgan fingerprint density at radius 3 is 1.27 bits per heavy atom. The van der Waals surface area contributed by atoms with Crippen LogP contribution in [-0.4, -0.2) is 48.3 Å². The van der Waals surface area contributed by atoms with Crippen LogP contribution in [0, 0.1) is 35.5 Å². The van der Waals surface area contributed by atoms with E-state index in [-0.39, 0.29) is 0 Å². The number of esters is 2. The minimum Gasteiger partial charge on any atom is -0.481 e. The number of carbonyl (C=O) groups excluding carboxylic acids is 2. The van der Waals surface area contributed by atoms with Gasteiger partial charge in [-0.25, -0.2) is 0 Å². The van der Waals surface area contributed by atoms with Crippen molar-refractivity contribution in [1.82, 2.24) is 0 Å². The molecule has 0 aromatic rings. The lowest BCUT2D eigenvalue weighted by Gasteiger charge is -2.51. The molecular weight excluding hydrogens is 296 g/mol. The highest BCUT2D eigenvalue weighted by atomic mass is 16.5. The molecule has 6 atom stereocenters. The van der Waals surface area contributed by atoms with Gasteiger partial charge in [-0.1, -0.05) is 0 Å². The van der Waals surface area contributed by atoms with E-state index >= 15 is 0 Å². The third-order valence-corrected chi connectivity index (χ3v) is 4.97. The van der Waals surface area contributed by atoms with Gasteiger partial charge in [-0.15, -0.1) is 0 Å². The molecule has 3 aliphatic rings. The van der Waals surface area contributed by atoms with E-state index in [2.05, 4.69) is 0 Å². The van der Waals surface area contributed by atoms with Gasteiger partial charge in [-0.2, -0.15) is 0 Å². The number of carboxylic acids is 2. The van der Waals surface area contributed by atoms with E-state index in [9.17, 15) is 29.4 Å². The number of hydrogen-bond acceptors (Lipinski definition) is 6. The molecule has 0 aromatic heterocycles. The van der Waals surface area contributed by atoms with Crippen molar-refractivity contribution in [3.8, 4) is 0 Å². The largest absolute Gasteiger partial charge is 0.481 e. The molecule has 0 aliphatic heterocycles. The average Bonchev–Trinajstić information content (AvgIpc) is 2.51. The molecule has 3 saturated carbocycles. The molecule has 3 fully saturated rings. The van der Waals surface area contributed by atoms with Crippen LogP contribution in [0.4, 0.5) is 0 Å². The Kier molecular flexibility index (Phi) is 4.39. The number of fused-ring (bicyclic) bond motifs is 3. The van der Waals surface area contributed by atoms with Crippen LogP contribution >= 0.6 is 0 Å². The van der Waals surface area contributed by atoms with Crippen molar-refractivity contribution < 1.29 is 38.9 Å². The van der Waals surface area contributed by atoms with Gasteiger partial charge in [0.1, 0.15) is 0 Å². The highest BCUT2D eigenvalue weighted by Crippen LogP contribution is 2.55. The van der Waals surface area contributed by atoms with Gasteiger partial charge in [-0.05, 0) is 24.7 Å². The number of methoxy groups -OCH3 is 2. The Morgan fingerprint density at radius 2 is 1.05 bits per heavy atom. The number of carboxylic acid groups (broad SMARTS) is 2. The Bertz CT molecular complexity index is 467. The molecule has 0 radical (unpaired) electrons. The van der Waals surface area contributed by atoms with E-state index < -0.39 is 59.4 Å². The Balaban J connectivity index is 2.51. The van der Waals surface area contributed by atoms with Gasteiger partial charge in [0.15, 0.2) is 0 Å². The first-order valence-corrected chi connectivity index (χ1v) is 6.96. The van der Waals surface area contributed by atoms with Crippen LogP contribution in [0.3, 0.4) is 0 Å². The lowest BCUT2D eigenvalue weighted by molar-refractivity contribution is -0.191. The van der Waals surface area contributed by atoms with Crippen LogP contribution in [0.25, 0.3) is 0 Å². The summed E-state index contributed by atoms with van der Waals surface area (Å²) in [6.07, 6.45) is 0.747. The van der Waals surface area contributed by atoms with Gasteiger partial charge < -0.3 is 19.7 Å². The fraction of sp³-hybridized carbons (Fsp3) is 0.714. The van der Waals surface area contributed by atoms with Crippen molar-refractivity contribution in [2.45, 2.75) is 12.8 Å². The standard InChI is InChI=1S/C14H18O8/c1-21-13(19)9-5-3-4-6(10(9)14(20)22-2)8(12(17)18)7(5)11(15)16/h5-10H,3-4H2,1-2H3,(H,15,16)(H,17,18). The molecule has 0 spiro atoms. The van der Waals surface area contributed by atoms with Crippen LogP contribution in [0.15, 0.2) is 0 Å². The highest BCUT2D eigenvalue weighted by molar-refractivity contribution is 5.88. The molecule has 6 unspecified atom stereocenters. The van der Waals surface area contributed by atoms with Crippen LogP contribution in [-0.2, 0) is 28.7 Å². The van der Waals surface area contributed by atoms with Gasteiger partial charge in [0.2, 0.25) is 0 Å². The fourth-order valence-corrected chi connectivity index (χ4v) is 4.20. The minimum absolute atomic E-state index is 0.374. The predicted octanol–water partition coefficient (Wildman–Crippen LogP) is 0.00620. The lowest BCUT2D eigenvalue weighted by atomic mass is 9.50. The summed E-state index contributed by atoms with van der Waals surface area (Å²) in [6, 6.07) is 0. The molecule has 0 amide bonds. The van der Waals surface area contributed by atoms with E-state index in [1.807, 2.05) is 0 Å². The molecule has 3 aliphatic carbocycles. The van der Waals surface area contributed by atoms with Crippen molar-refractivity contribution in [1.29, 1.82) is 0 Å². The quantitative estimate of drug-likeness (QED) is 0.694. The third-order valence-electron chi connectivity index (χ3n) is 4.97. The Hall–Kier alpha value is -2.12. The fourth-order valence-electron chi connectivity index (χ4n) is 4.20. The van der Waals surface area contributed by atoms with E-state index in [4.69, 9.17) is 9.47 Å². The van der Waals surface area contributed by atoms with Crippen molar-refractivity contribution in [2.24, 2.45) is 35.5 Å². The second-order valence-electron chi connectivity index (χ2n) is 5.73. The van der Waals surface area contributed by atoms with Crippen molar-refractivity contribution in [2.75, 3.05) is 14.2 Å². The maximum atomic E-state index is 12.1. The summed E-state index contributed by atoms with van der Waals surface area (Å²) < 4.78 is 9.41. The molecule has 3 rings (SSSR count). The molecule has 0 saturated heterocycles. The Morgan fingerprint density at radius 1 is 0.727 bits per heavy atom. The summed E-state index contributed by atoms with van der Waals surface area (Å²) in [5.74, 6) is -9.79. The van der Waals surface area contributed by atoms with Crippen molar-refractivity contribution in [3.63, 3.8) is 0 Å². The molecule has 22 heavy (non-hydrogen) atoms. The third kappa shape index (κ3) is 2.32. The van der Waals surface area contributed by atoms with Crippen LogP contribution in [0.2, 0.25) is 0 Å². The number of aliphatic carboxylic acids is 2. The minimum atomic E-state index is -1.26. The van der Waals surface area contributed by atoms with E-state index in [0.29, 0.717) is 12.8 Å². The zero-order valence-electron chi connectivity index (χ0n) is 12.2. The van der Waals surface area contributed by atoms with E-state index in [1.165, 1.54) is 0 Å². The van der Waals surface area contributed by atoms with Gasteiger partial charge in [0, 0.05) is 0 Å². The topological polar surface area (TPSA) is 127 Å². The normalized spacial score (nSPS) is 36.5. The monoisotopic (exact) mass is 314 g/mol. The van der Waals surface area contributed by atoms with E-state index in [1.54, 1.807) is 0 Å². The molecule has 8 heteroatoms. The van der Waals surface area contributed by atoms with Crippen LogP contribution in [0.5, 0.6) is 0 Å². The molecule has 2 N–H and O–H groups in total. The first kappa shape index (κ1) is 16.3. The van der Waals surface area contributed by atoms with Crippen LogP contribution < -0.4 is 0 Å². The second-order valence-corrected chi connectivity index (χ2v) is 5.73. The number of ether oxygens (including phenoxy) is 2. The van der Waals surface area contributed by atoms with Gasteiger partial charge in [0.25, 0.3) is 0 Å². The Labute approximate surface area is 126 Å². The maximum Gasteiger partial charge on any atom is 0.309 e. The summed E-state index contributed by atoms with van der Waals surface area (Å²) in [4.78, 5) is 47.2. The molecule has 0 aromatic carbocycles. The summed E-state index contributed by atoms with van der Waals surface area (Å²) >= 11 is 0. The predicted molar refractivity (Wildman–Crippen MR) is 69.5 cm³/mol. The first-order chi connectivity index (χ1) is 10.3. The molecule has 0 heterocycles. The lowest BCUT2D eigenvalue weighted by Crippen LogP contribution is -2.59. The average molecular weight is 314 g/mol. The summed E-state index contributed by atoms with van der Waals surface area (Å²) in [6.45, 7) is 0. The zero-order valence-corrected chi connectivity index (χ0v) is 12.2. The summed E-state index contributed by atoms with van der Waals surface area (Å²) in [7, 11) is 2.31. The smallest absolute Gasteiger partial charge is 0.309 e. The van der Waals surface area contributed by atoms with Gasteiger partial charge >= 0.3 is 23.9 Å². The number of hydrogen-bond donors (Lipinski definition) is 2. The van der Waals surface area contributed by atoms with Gasteiger partial charge in [-0.3, -0.25) is 19.2 Å². The summed E-state index contributed by atoms with van der Waals surface area (Å²) in [5.41, 5.74) is 0. The van der Waals surface area contributed by atoms with Crippen LogP contribution in [0.1, 0.15) is 12.8 Å².